The third kappa shape index (κ3) is 5.03. The van der Waals surface area contributed by atoms with Gasteiger partial charge in [-0.3, -0.25) is 0 Å². The molecule has 0 amide bonds. The molecule has 0 saturated heterocycles. The molecule has 0 bridgehead atoms. The maximum Gasteiger partial charge on any atom is 0.0371 e. The molecule has 0 spiro atoms. The number of hydrogen-bond donors (Lipinski definition) is 0. The van der Waals surface area contributed by atoms with E-state index in [-0.39, 0.29) is 0 Å². The van der Waals surface area contributed by atoms with E-state index in [2.05, 4.69) is 39.5 Å². The van der Waals surface area contributed by atoms with Crippen molar-refractivity contribution in [2.24, 2.45) is 17.3 Å². The Bertz CT molecular complexity index is 215. The van der Waals surface area contributed by atoms with Crippen LogP contribution >= 0.6 is 23.4 Å². The Morgan fingerprint density at radius 1 is 1.29 bits per heavy atom. The molecule has 0 N–H and O–H groups in total. The molecule has 1 aliphatic carbocycles. The SMILES string of the molecule is CCSCCCC(C)(C)C1CCC(C)CC1Cl. The van der Waals surface area contributed by atoms with Gasteiger partial charge in [-0.2, -0.15) is 11.8 Å². The molecule has 1 rings (SSSR count). The van der Waals surface area contributed by atoms with E-state index < -0.39 is 0 Å². The fraction of sp³-hybridized carbons (Fsp3) is 1.00. The molecule has 1 aliphatic rings. The van der Waals surface area contributed by atoms with E-state index in [0.717, 1.165) is 11.8 Å². The average molecular weight is 277 g/mol. The molecule has 3 atom stereocenters. The van der Waals surface area contributed by atoms with Crippen LogP contribution in [0.2, 0.25) is 0 Å². The monoisotopic (exact) mass is 276 g/mol. The van der Waals surface area contributed by atoms with Crippen molar-refractivity contribution in [1.29, 1.82) is 0 Å². The molecule has 0 heterocycles. The fourth-order valence-corrected chi connectivity index (χ4v) is 4.56. The van der Waals surface area contributed by atoms with E-state index >= 15 is 0 Å². The van der Waals surface area contributed by atoms with Gasteiger partial charge in [-0.25, -0.2) is 0 Å². The lowest BCUT2D eigenvalue weighted by Gasteiger charge is -2.42. The van der Waals surface area contributed by atoms with Crippen molar-refractivity contribution in [2.75, 3.05) is 11.5 Å². The van der Waals surface area contributed by atoms with Crippen LogP contribution in [0.15, 0.2) is 0 Å². The van der Waals surface area contributed by atoms with E-state index in [4.69, 9.17) is 11.6 Å². The van der Waals surface area contributed by atoms with Gasteiger partial charge in [-0.1, -0.05) is 34.1 Å². The summed E-state index contributed by atoms with van der Waals surface area (Å²) >= 11 is 8.66. The lowest BCUT2D eigenvalue weighted by molar-refractivity contribution is 0.131. The second-order valence-electron chi connectivity index (χ2n) is 6.33. The van der Waals surface area contributed by atoms with Crippen LogP contribution in [0.3, 0.4) is 0 Å². The molecule has 1 saturated carbocycles. The Morgan fingerprint density at radius 2 is 2.00 bits per heavy atom. The quantitative estimate of drug-likeness (QED) is 0.450. The van der Waals surface area contributed by atoms with Crippen molar-refractivity contribution < 1.29 is 0 Å². The standard InChI is InChI=1S/C15H29ClS/c1-5-17-10-6-9-15(3,4)13-8-7-12(2)11-14(13)16/h12-14H,5-11H2,1-4H3. The van der Waals surface area contributed by atoms with Gasteiger partial charge >= 0.3 is 0 Å². The van der Waals surface area contributed by atoms with Gasteiger partial charge in [-0.15, -0.1) is 11.6 Å². The molecule has 0 aromatic carbocycles. The third-order valence-electron chi connectivity index (χ3n) is 4.35. The first-order chi connectivity index (χ1) is 7.97. The number of alkyl halides is 1. The maximum absolute atomic E-state index is 6.60. The van der Waals surface area contributed by atoms with Crippen LogP contribution in [0.25, 0.3) is 0 Å². The fourth-order valence-electron chi connectivity index (χ4n) is 3.15. The first-order valence-corrected chi connectivity index (χ1v) is 8.78. The predicted molar refractivity (Wildman–Crippen MR) is 82.2 cm³/mol. The highest BCUT2D eigenvalue weighted by atomic mass is 35.5. The molecule has 0 aromatic heterocycles. The van der Waals surface area contributed by atoms with Gasteiger partial charge in [-0.05, 0) is 54.4 Å². The maximum atomic E-state index is 6.60. The lowest BCUT2D eigenvalue weighted by atomic mass is 9.67. The summed E-state index contributed by atoms with van der Waals surface area (Å²) in [5.74, 6) is 4.13. The van der Waals surface area contributed by atoms with Gasteiger partial charge in [0.25, 0.3) is 0 Å². The van der Waals surface area contributed by atoms with Crippen molar-refractivity contribution in [3.05, 3.63) is 0 Å². The number of thioether (sulfide) groups is 1. The molecule has 2 heteroatoms. The van der Waals surface area contributed by atoms with Crippen molar-refractivity contribution in [2.45, 2.75) is 65.2 Å². The van der Waals surface area contributed by atoms with Crippen molar-refractivity contribution >= 4 is 23.4 Å². The van der Waals surface area contributed by atoms with Crippen molar-refractivity contribution in [3.8, 4) is 0 Å². The Labute approximate surface area is 117 Å². The molecular weight excluding hydrogens is 248 g/mol. The second kappa shape index (κ2) is 7.28. The van der Waals surface area contributed by atoms with Crippen LogP contribution in [-0.2, 0) is 0 Å². The van der Waals surface area contributed by atoms with Crippen LogP contribution in [-0.4, -0.2) is 16.9 Å². The molecule has 0 nitrogen and oxygen atoms in total. The Hall–Kier alpha value is 0.640. The molecular formula is C15H29ClS. The lowest BCUT2D eigenvalue weighted by Crippen LogP contribution is -2.36. The summed E-state index contributed by atoms with van der Waals surface area (Å²) in [6, 6.07) is 0. The zero-order valence-electron chi connectivity index (χ0n) is 12.0. The highest BCUT2D eigenvalue weighted by Crippen LogP contribution is 2.45. The summed E-state index contributed by atoms with van der Waals surface area (Å²) in [4.78, 5) is 0. The molecule has 102 valence electrons. The van der Waals surface area contributed by atoms with Gasteiger partial charge in [0.15, 0.2) is 0 Å². The Kier molecular flexibility index (Phi) is 6.72. The summed E-state index contributed by atoms with van der Waals surface area (Å²) in [6.07, 6.45) is 6.62. The molecule has 17 heavy (non-hydrogen) atoms. The van der Waals surface area contributed by atoms with E-state index in [1.165, 1.54) is 43.6 Å². The molecule has 1 fully saturated rings. The van der Waals surface area contributed by atoms with Gasteiger partial charge in [0.1, 0.15) is 0 Å². The normalized spacial score (nSPS) is 30.5. The number of rotatable bonds is 6. The first-order valence-electron chi connectivity index (χ1n) is 7.19. The minimum absolute atomic E-state index is 0.410. The summed E-state index contributed by atoms with van der Waals surface area (Å²) in [5.41, 5.74) is 0.431. The van der Waals surface area contributed by atoms with Crippen LogP contribution < -0.4 is 0 Å². The second-order valence-corrected chi connectivity index (χ2v) is 8.28. The molecule has 0 aliphatic heterocycles. The van der Waals surface area contributed by atoms with E-state index in [1.54, 1.807) is 0 Å². The third-order valence-corrected chi connectivity index (χ3v) is 5.82. The topological polar surface area (TPSA) is 0 Å². The smallest absolute Gasteiger partial charge is 0.0371 e. The molecule has 0 radical (unpaired) electrons. The van der Waals surface area contributed by atoms with E-state index in [0.29, 0.717) is 10.8 Å². The number of halogens is 1. The van der Waals surface area contributed by atoms with Gasteiger partial charge in [0.05, 0.1) is 0 Å². The zero-order chi connectivity index (χ0) is 12.9. The molecule has 3 unspecified atom stereocenters. The van der Waals surface area contributed by atoms with Gasteiger partial charge in [0, 0.05) is 5.38 Å². The van der Waals surface area contributed by atoms with Crippen LogP contribution in [0.4, 0.5) is 0 Å². The summed E-state index contributed by atoms with van der Waals surface area (Å²) in [6.45, 7) is 9.45. The first kappa shape index (κ1) is 15.7. The van der Waals surface area contributed by atoms with E-state index in [1.807, 2.05) is 0 Å². The number of hydrogen-bond acceptors (Lipinski definition) is 1. The minimum atomic E-state index is 0.410. The molecule has 0 aromatic rings. The largest absolute Gasteiger partial charge is 0.162 e. The van der Waals surface area contributed by atoms with Gasteiger partial charge < -0.3 is 0 Å². The highest BCUT2D eigenvalue weighted by molar-refractivity contribution is 7.99. The van der Waals surface area contributed by atoms with Crippen LogP contribution in [0.1, 0.15) is 59.8 Å². The van der Waals surface area contributed by atoms with Crippen LogP contribution in [0.5, 0.6) is 0 Å². The van der Waals surface area contributed by atoms with Crippen molar-refractivity contribution in [3.63, 3.8) is 0 Å². The summed E-state index contributed by atoms with van der Waals surface area (Å²) in [5, 5.41) is 0.410. The summed E-state index contributed by atoms with van der Waals surface area (Å²) < 4.78 is 0. The minimum Gasteiger partial charge on any atom is -0.162 e. The van der Waals surface area contributed by atoms with Gasteiger partial charge in [0.2, 0.25) is 0 Å². The van der Waals surface area contributed by atoms with Crippen molar-refractivity contribution in [1.82, 2.24) is 0 Å². The highest BCUT2D eigenvalue weighted by Gasteiger charge is 2.37. The summed E-state index contributed by atoms with van der Waals surface area (Å²) in [7, 11) is 0. The average Bonchev–Trinajstić information content (AvgIpc) is 2.24. The van der Waals surface area contributed by atoms with E-state index in [9.17, 15) is 0 Å². The predicted octanol–water partition coefficient (Wildman–Crippen LogP) is 5.59. The van der Waals surface area contributed by atoms with Crippen LogP contribution in [0, 0.1) is 17.3 Å². The zero-order valence-corrected chi connectivity index (χ0v) is 13.5. The Morgan fingerprint density at radius 3 is 2.59 bits per heavy atom. The Balaban J connectivity index is 2.40.